The van der Waals surface area contributed by atoms with Crippen LogP contribution in [-0.4, -0.2) is 38.9 Å². The second-order valence-corrected chi connectivity index (χ2v) is 14.5. The summed E-state index contributed by atoms with van der Waals surface area (Å²) in [5.41, 5.74) is 3.43. The minimum atomic E-state index is -3.79. The van der Waals surface area contributed by atoms with E-state index in [1.54, 1.807) is 12.1 Å². The van der Waals surface area contributed by atoms with Crippen LogP contribution in [0, 0.1) is 5.92 Å². The van der Waals surface area contributed by atoms with Crippen molar-refractivity contribution in [3.8, 4) is 11.5 Å². The smallest absolute Gasteiger partial charge is 0.379 e. The molecule has 12 heteroatoms. The number of esters is 2. The van der Waals surface area contributed by atoms with Crippen LogP contribution in [0.5, 0.6) is 11.5 Å². The van der Waals surface area contributed by atoms with E-state index in [1.165, 1.54) is 27.2 Å². The van der Waals surface area contributed by atoms with Crippen LogP contribution in [0.4, 0.5) is 0 Å². The number of hydrogen-bond donors (Lipinski definition) is 0. The van der Waals surface area contributed by atoms with E-state index >= 15 is 0 Å². The van der Waals surface area contributed by atoms with Gasteiger partial charge in [-0.3, -0.25) is 18.6 Å². The van der Waals surface area contributed by atoms with Gasteiger partial charge in [0.25, 0.3) is 0 Å². The monoisotopic (exact) mass is 614 g/mol. The number of benzene rings is 1. The Kier molecular flexibility index (Phi) is 13.4. The maximum absolute atomic E-state index is 13.4. The highest BCUT2D eigenvalue weighted by molar-refractivity contribution is 7.53. The van der Waals surface area contributed by atoms with E-state index in [9.17, 15) is 18.7 Å². The predicted molar refractivity (Wildman–Crippen MR) is 157 cm³/mol. The molecule has 1 aliphatic rings. The highest BCUT2D eigenvalue weighted by Crippen LogP contribution is 2.55. The first-order chi connectivity index (χ1) is 19.1. The van der Waals surface area contributed by atoms with Crippen molar-refractivity contribution in [1.82, 2.24) is 0 Å². The predicted octanol–water partition coefficient (Wildman–Crippen LogP) is 7.91. The molecule has 1 aliphatic carbocycles. The Labute approximate surface area is 243 Å². The Morgan fingerprint density at radius 3 is 1.88 bits per heavy atom. The largest absolute Gasteiger partial charge is 0.438 e. The fourth-order valence-electron chi connectivity index (χ4n) is 4.58. The molecule has 0 N–H and O–H groups in total. The van der Waals surface area contributed by atoms with Crippen LogP contribution in [0.15, 0.2) is 35.9 Å². The van der Waals surface area contributed by atoms with Crippen LogP contribution in [0.25, 0.3) is 0 Å². The number of carbonyl (C=O) groups excluding carboxylic acids is 2. The van der Waals surface area contributed by atoms with Gasteiger partial charge in [0.15, 0.2) is 0 Å². The molecule has 0 heterocycles. The van der Waals surface area contributed by atoms with Gasteiger partial charge in [0, 0.05) is 25.3 Å². The van der Waals surface area contributed by atoms with Gasteiger partial charge < -0.3 is 18.5 Å². The van der Waals surface area contributed by atoms with Gasteiger partial charge in [0.1, 0.15) is 11.5 Å². The van der Waals surface area contributed by atoms with Crippen LogP contribution in [-0.2, 0) is 43.7 Å². The highest BCUT2D eigenvalue weighted by atomic mass is 31.2. The molecule has 0 aliphatic heterocycles. The first-order valence-corrected chi connectivity index (χ1v) is 17.7. The zero-order chi connectivity index (χ0) is 30.8. The van der Waals surface area contributed by atoms with E-state index in [4.69, 9.17) is 27.6 Å². The fraction of sp³-hybridized carbons (Fsp3) is 0.586. The Bertz CT molecular complexity index is 1160. The van der Waals surface area contributed by atoms with Crippen molar-refractivity contribution < 1.29 is 46.3 Å². The first kappa shape index (κ1) is 34.8. The third-order valence-corrected chi connectivity index (χ3v) is 8.78. The molecule has 230 valence electrons. The molecule has 4 atom stereocenters. The minimum absolute atomic E-state index is 0.00856. The summed E-state index contributed by atoms with van der Waals surface area (Å²) in [4.78, 5) is 22.4. The SMILES string of the molecule is C=C(C)C1CCC(C)=CC1c1c(OP(C)(=O)OCOC(C)=O)cc(CCCCC)cc1OP(C)(=O)OCOC(C)=O. The molecule has 1 aromatic carbocycles. The summed E-state index contributed by atoms with van der Waals surface area (Å²) >= 11 is 0. The van der Waals surface area contributed by atoms with Crippen molar-refractivity contribution in [2.45, 2.75) is 79.1 Å². The molecule has 2 rings (SSSR count). The summed E-state index contributed by atoms with van der Waals surface area (Å²) in [6, 6.07) is 3.60. The van der Waals surface area contributed by atoms with Crippen molar-refractivity contribution in [3.63, 3.8) is 0 Å². The van der Waals surface area contributed by atoms with Crippen molar-refractivity contribution in [1.29, 1.82) is 0 Å². The number of unbranched alkanes of at least 4 members (excludes halogenated alkanes) is 2. The van der Waals surface area contributed by atoms with Crippen molar-refractivity contribution >= 4 is 27.1 Å². The summed E-state index contributed by atoms with van der Waals surface area (Å²) < 4.78 is 59.2. The third kappa shape index (κ3) is 11.8. The van der Waals surface area contributed by atoms with Crippen LogP contribution < -0.4 is 9.05 Å². The number of ether oxygens (including phenoxy) is 2. The number of aryl methyl sites for hydroxylation is 1. The highest BCUT2D eigenvalue weighted by Gasteiger charge is 2.35. The molecular formula is C29H44O10P2. The lowest BCUT2D eigenvalue weighted by Gasteiger charge is -2.33. The summed E-state index contributed by atoms with van der Waals surface area (Å²) in [5, 5.41) is 0. The standard InChI is InChI=1S/C29H44O10P2/c1-9-10-11-12-24-16-27(38-40(7,32)36-18-34-22(5)30)29(26-15-21(4)13-14-25(26)20(2)3)28(17-24)39-41(8,33)37-19-35-23(6)31/h15-17,25-26H,2,9-14,18-19H2,1,3-8H3. The zero-order valence-electron chi connectivity index (χ0n) is 25.2. The normalized spacial score (nSPS) is 19.7. The summed E-state index contributed by atoms with van der Waals surface area (Å²) in [6.07, 6.45) is 7.34. The van der Waals surface area contributed by atoms with Gasteiger partial charge in [-0.25, -0.2) is 9.13 Å². The first-order valence-electron chi connectivity index (χ1n) is 13.7. The Balaban J connectivity index is 2.69. The Morgan fingerprint density at radius 1 is 0.927 bits per heavy atom. The summed E-state index contributed by atoms with van der Waals surface area (Å²) in [5.74, 6) is -1.00. The lowest BCUT2D eigenvalue weighted by molar-refractivity contribution is -0.148. The van der Waals surface area contributed by atoms with Gasteiger partial charge in [0.05, 0.1) is 13.3 Å². The maximum atomic E-state index is 13.4. The topological polar surface area (TPSA) is 124 Å². The van der Waals surface area contributed by atoms with E-state index in [0.717, 1.165) is 48.8 Å². The maximum Gasteiger partial charge on any atom is 0.379 e. The molecule has 0 amide bonds. The quantitative estimate of drug-likeness (QED) is 0.0596. The molecular weight excluding hydrogens is 570 g/mol. The fourth-order valence-corrected chi connectivity index (χ4v) is 6.20. The zero-order valence-corrected chi connectivity index (χ0v) is 27.0. The summed E-state index contributed by atoms with van der Waals surface area (Å²) in [6.45, 7) is 14.2. The van der Waals surface area contributed by atoms with Crippen LogP contribution in [0.2, 0.25) is 0 Å². The van der Waals surface area contributed by atoms with E-state index in [2.05, 4.69) is 19.6 Å². The van der Waals surface area contributed by atoms with Crippen molar-refractivity contribution in [3.05, 3.63) is 47.1 Å². The molecule has 0 spiro atoms. The number of rotatable bonds is 16. The molecule has 0 aromatic heterocycles. The molecule has 0 saturated carbocycles. The van der Waals surface area contributed by atoms with Crippen molar-refractivity contribution in [2.24, 2.45) is 5.92 Å². The van der Waals surface area contributed by atoms with E-state index in [-0.39, 0.29) is 23.3 Å². The second kappa shape index (κ2) is 15.7. The van der Waals surface area contributed by atoms with Gasteiger partial charge >= 0.3 is 27.1 Å². The van der Waals surface area contributed by atoms with Gasteiger partial charge in [0.2, 0.25) is 13.6 Å². The third-order valence-electron chi connectivity index (χ3n) is 6.57. The van der Waals surface area contributed by atoms with Crippen LogP contribution in [0.1, 0.15) is 83.8 Å². The lowest BCUT2D eigenvalue weighted by atomic mass is 9.73. The molecule has 4 unspecified atom stereocenters. The van der Waals surface area contributed by atoms with Gasteiger partial charge in [-0.05, 0) is 63.1 Å². The second-order valence-electron chi connectivity index (χ2n) is 10.5. The average molecular weight is 615 g/mol. The van der Waals surface area contributed by atoms with E-state index in [1.807, 2.05) is 13.8 Å². The number of carbonyl (C=O) groups is 2. The van der Waals surface area contributed by atoms with Crippen LogP contribution >= 0.6 is 15.2 Å². The van der Waals surface area contributed by atoms with E-state index in [0.29, 0.717) is 12.0 Å². The molecule has 0 radical (unpaired) electrons. The lowest BCUT2D eigenvalue weighted by Crippen LogP contribution is -2.19. The van der Waals surface area contributed by atoms with Gasteiger partial charge in [-0.15, -0.1) is 0 Å². The summed E-state index contributed by atoms with van der Waals surface area (Å²) in [7, 11) is -7.58. The Morgan fingerprint density at radius 2 is 1.44 bits per heavy atom. The molecule has 0 saturated heterocycles. The number of hydrogen-bond acceptors (Lipinski definition) is 10. The molecule has 0 fully saturated rings. The average Bonchev–Trinajstić information content (AvgIpc) is 2.82. The van der Waals surface area contributed by atoms with Gasteiger partial charge in [-0.2, -0.15) is 0 Å². The Hall–Kier alpha value is -2.38. The van der Waals surface area contributed by atoms with Crippen molar-refractivity contribution in [2.75, 3.05) is 26.9 Å². The van der Waals surface area contributed by atoms with E-state index < -0.39 is 40.7 Å². The minimum Gasteiger partial charge on any atom is -0.438 e. The van der Waals surface area contributed by atoms with Crippen LogP contribution in [0.3, 0.4) is 0 Å². The molecule has 1 aromatic rings. The van der Waals surface area contributed by atoms with Gasteiger partial charge in [-0.1, -0.05) is 43.6 Å². The molecule has 41 heavy (non-hydrogen) atoms. The molecule has 10 nitrogen and oxygen atoms in total. The molecule has 0 bridgehead atoms. The number of allylic oxidation sites excluding steroid dienone is 3.